The molecule has 6 aromatic rings. The number of oxazole rings is 1. The molecule has 1 atom stereocenters. The van der Waals surface area contributed by atoms with E-state index in [2.05, 4.69) is 4.98 Å². The molecule has 0 aliphatic carbocycles. The fourth-order valence-electron chi connectivity index (χ4n) is 6.25. The van der Waals surface area contributed by atoms with Crippen molar-refractivity contribution in [2.24, 2.45) is 0 Å². The minimum atomic E-state index is -1.23. The summed E-state index contributed by atoms with van der Waals surface area (Å²) >= 11 is 0. The normalized spacial score (nSPS) is 15.0. The minimum absolute atomic E-state index is 0.214. The number of fused-ring (bicyclic) bond motifs is 1. The van der Waals surface area contributed by atoms with Gasteiger partial charge in [-0.05, 0) is 52.1 Å². The Morgan fingerprint density at radius 1 is 0.745 bits per heavy atom. The van der Waals surface area contributed by atoms with Gasteiger partial charge in [0.2, 0.25) is 0 Å². The van der Waals surface area contributed by atoms with E-state index in [0.29, 0.717) is 18.2 Å². The lowest BCUT2D eigenvalue weighted by molar-refractivity contribution is -0.132. The van der Waals surface area contributed by atoms with Crippen LogP contribution in [-0.4, -0.2) is 28.0 Å². The molecule has 2 heterocycles. The van der Waals surface area contributed by atoms with Crippen molar-refractivity contribution in [2.75, 3.05) is 0 Å². The van der Waals surface area contributed by atoms with Crippen molar-refractivity contribution in [3.63, 3.8) is 0 Å². The molecule has 1 unspecified atom stereocenters. The van der Waals surface area contributed by atoms with Crippen molar-refractivity contribution < 1.29 is 23.5 Å². The summed E-state index contributed by atoms with van der Waals surface area (Å²) in [5.41, 5.74) is 4.53. The van der Waals surface area contributed by atoms with Gasteiger partial charge in [0.1, 0.15) is 23.4 Å². The van der Waals surface area contributed by atoms with Gasteiger partial charge in [-0.25, -0.2) is 14.7 Å². The van der Waals surface area contributed by atoms with Crippen LogP contribution in [0, 0.1) is 0 Å². The molecule has 47 heavy (non-hydrogen) atoms. The van der Waals surface area contributed by atoms with E-state index >= 15 is 0 Å². The van der Waals surface area contributed by atoms with E-state index in [-0.39, 0.29) is 12.3 Å². The Labute approximate surface area is 273 Å². The van der Waals surface area contributed by atoms with E-state index in [0.717, 1.165) is 38.9 Å². The Morgan fingerprint density at radius 2 is 1.30 bits per heavy atom. The largest absolute Gasteiger partial charge is 0.489 e. The first kappa shape index (κ1) is 30.0. The third kappa shape index (κ3) is 5.65. The number of benzene rings is 5. The van der Waals surface area contributed by atoms with Crippen molar-refractivity contribution in [3.05, 3.63) is 167 Å². The van der Waals surface area contributed by atoms with Gasteiger partial charge < -0.3 is 13.9 Å². The average Bonchev–Trinajstić information content (AvgIpc) is 3.66. The molecule has 1 aromatic heterocycles. The Hall–Kier alpha value is -5.69. The number of cyclic esters (lactones) is 1. The van der Waals surface area contributed by atoms with E-state index in [1.54, 1.807) is 0 Å². The lowest BCUT2D eigenvalue weighted by Crippen LogP contribution is -2.51. The molecule has 1 aliphatic heterocycles. The third-order valence-electron chi connectivity index (χ3n) is 8.54. The van der Waals surface area contributed by atoms with Crippen LogP contribution in [0.1, 0.15) is 53.5 Å². The molecule has 7 heteroatoms. The van der Waals surface area contributed by atoms with Gasteiger partial charge in [-0.15, -0.1) is 0 Å². The van der Waals surface area contributed by atoms with Crippen molar-refractivity contribution in [3.8, 4) is 5.75 Å². The van der Waals surface area contributed by atoms with E-state index < -0.39 is 23.6 Å². The Bertz CT molecular complexity index is 1910. The summed E-state index contributed by atoms with van der Waals surface area (Å²) in [4.78, 5) is 34.0. The molecule has 0 spiro atoms. The molecule has 1 fully saturated rings. The highest BCUT2D eigenvalue weighted by Crippen LogP contribution is 2.45. The maximum atomic E-state index is 14.3. The van der Waals surface area contributed by atoms with E-state index in [4.69, 9.17) is 13.9 Å². The molecule has 5 aromatic carbocycles. The van der Waals surface area contributed by atoms with Crippen LogP contribution in [0.2, 0.25) is 0 Å². The van der Waals surface area contributed by atoms with Gasteiger partial charge in [0.05, 0.1) is 0 Å². The van der Waals surface area contributed by atoms with Crippen LogP contribution in [0.15, 0.2) is 138 Å². The molecular formula is C40H34N2O5. The molecule has 2 amide bonds. The van der Waals surface area contributed by atoms with Crippen molar-refractivity contribution in [2.45, 2.75) is 44.4 Å². The number of carbonyl (C=O) groups is 2. The highest BCUT2D eigenvalue weighted by molar-refractivity contribution is 6.02. The number of amides is 2. The maximum Gasteiger partial charge on any atom is 0.418 e. The molecule has 1 saturated heterocycles. The number of nitrogens with zero attached hydrogens (tertiary/aromatic N) is 2. The highest BCUT2D eigenvalue weighted by atomic mass is 16.6. The predicted molar refractivity (Wildman–Crippen MR) is 179 cm³/mol. The van der Waals surface area contributed by atoms with Crippen LogP contribution in [0.5, 0.6) is 5.75 Å². The summed E-state index contributed by atoms with van der Waals surface area (Å²) in [5, 5.41) is 0. The van der Waals surface area contributed by atoms with Gasteiger partial charge in [0.25, 0.3) is 5.91 Å². The zero-order valence-electron chi connectivity index (χ0n) is 26.2. The highest BCUT2D eigenvalue weighted by Gasteiger charge is 2.55. The number of carbonyl (C=O) groups excluding carboxylic acids is 2. The van der Waals surface area contributed by atoms with E-state index in [1.165, 1.54) is 4.90 Å². The monoisotopic (exact) mass is 622 g/mol. The Balaban J connectivity index is 1.12. The fourth-order valence-corrected chi connectivity index (χ4v) is 6.25. The Kier molecular flexibility index (Phi) is 8.04. The minimum Gasteiger partial charge on any atom is -0.489 e. The van der Waals surface area contributed by atoms with Gasteiger partial charge in [0.15, 0.2) is 17.6 Å². The molecule has 0 bridgehead atoms. The van der Waals surface area contributed by atoms with Crippen LogP contribution < -0.4 is 4.74 Å². The van der Waals surface area contributed by atoms with Crippen LogP contribution in [-0.2, 0) is 28.1 Å². The number of ether oxygens (including phenoxy) is 2. The first-order chi connectivity index (χ1) is 22.9. The quantitative estimate of drug-likeness (QED) is 0.143. The molecule has 234 valence electrons. The second-order valence-corrected chi connectivity index (χ2v) is 12.0. The van der Waals surface area contributed by atoms with Gasteiger partial charge in [0, 0.05) is 12.3 Å². The zero-order valence-corrected chi connectivity index (χ0v) is 26.2. The van der Waals surface area contributed by atoms with Crippen LogP contribution in [0.4, 0.5) is 4.79 Å². The second kappa shape index (κ2) is 12.6. The molecular weight excluding hydrogens is 588 g/mol. The smallest absolute Gasteiger partial charge is 0.418 e. The van der Waals surface area contributed by atoms with Crippen molar-refractivity contribution in [1.82, 2.24) is 9.88 Å². The van der Waals surface area contributed by atoms with Gasteiger partial charge in [-0.3, -0.25) is 4.79 Å². The molecule has 0 saturated carbocycles. The summed E-state index contributed by atoms with van der Waals surface area (Å²) < 4.78 is 17.7. The summed E-state index contributed by atoms with van der Waals surface area (Å²) in [6.07, 6.45) is -1.42. The lowest BCUT2D eigenvalue weighted by Gasteiger charge is -2.40. The third-order valence-corrected chi connectivity index (χ3v) is 8.54. The number of hydrogen-bond donors (Lipinski definition) is 0. The first-order valence-electron chi connectivity index (χ1n) is 15.8. The lowest BCUT2D eigenvalue weighted by atomic mass is 9.75. The summed E-state index contributed by atoms with van der Waals surface area (Å²) in [6, 6.07) is 42.3. The second-order valence-electron chi connectivity index (χ2n) is 12.0. The average molecular weight is 623 g/mol. The molecule has 1 aliphatic rings. The predicted octanol–water partition coefficient (Wildman–Crippen LogP) is 8.41. The first-order valence-corrected chi connectivity index (χ1v) is 15.8. The Morgan fingerprint density at radius 3 is 1.85 bits per heavy atom. The molecule has 0 radical (unpaired) electrons. The molecule has 7 rings (SSSR count). The zero-order chi connectivity index (χ0) is 32.4. The van der Waals surface area contributed by atoms with Crippen molar-refractivity contribution >= 4 is 23.1 Å². The van der Waals surface area contributed by atoms with Crippen LogP contribution >= 0.6 is 0 Å². The molecule has 7 nitrogen and oxygen atoms in total. The number of rotatable bonds is 10. The fraction of sp³-hybridized carbons (Fsp3) is 0.175. The van der Waals surface area contributed by atoms with Gasteiger partial charge in [-0.2, -0.15) is 0 Å². The van der Waals surface area contributed by atoms with Gasteiger partial charge in [-0.1, -0.05) is 123 Å². The maximum absolute atomic E-state index is 14.3. The number of hydrogen-bond acceptors (Lipinski definition) is 6. The number of imide groups is 1. The van der Waals surface area contributed by atoms with Gasteiger partial charge >= 0.3 is 6.09 Å². The van der Waals surface area contributed by atoms with Crippen molar-refractivity contribution in [1.29, 1.82) is 0 Å². The summed E-state index contributed by atoms with van der Waals surface area (Å²) in [6.45, 7) is 4.47. The summed E-state index contributed by atoms with van der Waals surface area (Å²) in [5.74, 6) is 1.22. The van der Waals surface area contributed by atoms with E-state index in [9.17, 15) is 9.59 Å². The van der Waals surface area contributed by atoms with E-state index in [1.807, 2.05) is 147 Å². The van der Waals surface area contributed by atoms with Crippen LogP contribution in [0.3, 0.4) is 0 Å². The summed E-state index contributed by atoms with van der Waals surface area (Å²) in [7, 11) is 0. The topological polar surface area (TPSA) is 81.9 Å². The standard InChI is InChI=1S/C40H34N2O5/c1-27(2)37-41-34-24-29(20-23-35(34)46-37)26-45-33-21-18-28(19-22-33)25-36-38(43)42(39(44)47-36)40(30-12-6-3-7-13-30,31-14-8-4-9-15-31)32-16-10-5-11-17-32/h3-24,27,36H,25-26H2,1-2H3. The number of aromatic nitrogens is 1. The molecule has 0 N–H and O–H groups in total. The SMILES string of the molecule is CC(C)c1nc2cc(COc3ccc(CC4OC(=O)N(C(c5ccccc5)(c5ccccc5)c5ccccc5)C4=O)cc3)ccc2o1. The van der Waals surface area contributed by atoms with Crippen LogP contribution in [0.25, 0.3) is 11.1 Å².